The highest BCUT2D eigenvalue weighted by Gasteiger charge is 2.07. The molecule has 0 fully saturated rings. The zero-order chi connectivity index (χ0) is 9.84. The van der Waals surface area contributed by atoms with Gasteiger partial charge in [-0.2, -0.15) is 0 Å². The Kier molecular flexibility index (Phi) is 3.27. The molecule has 0 nitrogen and oxygen atoms in total. The topological polar surface area (TPSA) is 0 Å². The predicted octanol–water partition coefficient (Wildman–Crippen LogP) is 2.86. The maximum atomic E-state index is 12.9. The molecule has 0 saturated heterocycles. The second-order valence-corrected chi connectivity index (χ2v) is 2.74. The average molecular weight is 201 g/mol. The van der Waals surface area contributed by atoms with Crippen LogP contribution in [0.25, 0.3) is 0 Å². The van der Waals surface area contributed by atoms with Crippen molar-refractivity contribution in [1.82, 2.24) is 0 Å². The average Bonchev–Trinajstić information content (AvgIpc) is 2.13. The van der Waals surface area contributed by atoms with Gasteiger partial charge in [0, 0.05) is 11.1 Å². The Morgan fingerprint density at radius 2 is 2.08 bits per heavy atom. The van der Waals surface area contributed by atoms with Crippen LogP contribution in [0.1, 0.15) is 11.1 Å². The quantitative estimate of drug-likeness (QED) is 0.446. The Hall–Kier alpha value is -1.07. The van der Waals surface area contributed by atoms with Crippen molar-refractivity contribution in [3.8, 4) is 11.8 Å². The molecule has 0 aliphatic heterocycles. The Morgan fingerprint density at radius 3 is 2.69 bits per heavy atom. The van der Waals surface area contributed by atoms with E-state index in [1.165, 1.54) is 13.0 Å². The molecule has 1 aromatic carbocycles. The van der Waals surface area contributed by atoms with Crippen LogP contribution >= 0.6 is 11.6 Å². The van der Waals surface area contributed by atoms with Crippen molar-refractivity contribution in [3.63, 3.8) is 0 Å². The summed E-state index contributed by atoms with van der Waals surface area (Å²) < 4.78 is 25.6. The first-order valence-corrected chi connectivity index (χ1v) is 4.19. The van der Waals surface area contributed by atoms with Gasteiger partial charge in [0.1, 0.15) is 0 Å². The maximum absolute atomic E-state index is 12.9. The molecule has 3 heteroatoms. The molecular weight excluding hydrogens is 194 g/mol. The second-order valence-electron chi connectivity index (χ2n) is 2.47. The van der Waals surface area contributed by atoms with Gasteiger partial charge in [-0.15, -0.1) is 11.6 Å². The third-order valence-electron chi connectivity index (χ3n) is 1.63. The third-order valence-corrected chi connectivity index (χ3v) is 1.76. The molecule has 0 radical (unpaired) electrons. The molecule has 0 spiro atoms. The number of benzene rings is 1. The predicted molar refractivity (Wildman–Crippen MR) is 48.7 cm³/mol. The standard InChI is InChI=1S/C10H7ClF2/c1-7-8(3-2-6-11)4-5-9(12)10(7)13/h4-5H,6H2,1H3. The number of hydrogen-bond acceptors (Lipinski definition) is 0. The van der Waals surface area contributed by atoms with Crippen LogP contribution < -0.4 is 0 Å². The van der Waals surface area contributed by atoms with Gasteiger partial charge in [0.15, 0.2) is 11.6 Å². The lowest BCUT2D eigenvalue weighted by atomic mass is 10.1. The molecule has 0 atom stereocenters. The van der Waals surface area contributed by atoms with Crippen molar-refractivity contribution >= 4 is 11.6 Å². The summed E-state index contributed by atoms with van der Waals surface area (Å²) in [5.41, 5.74) is 0.692. The molecule has 0 unspecified atom stereocenters. The van der Waals surface area contributed by atoms with Crippen molar-refractivity contribution < 1.29 is 8.78 Å². The lowest BCUT2D eigenvalue weighted by molar-refractivity contribution is 0.502. The van der Waals surface area contributed by atoms with Gasteiger partial charge in [-0.1, -0.05) is 11.8 Å². The number of halogens is 3. The van der Waals surface area contributed by atoms with Crippen molar-refractivity contribution in [2.75, 3.05) is 5.88 Å². The Bertz CT molecular complexity index is 374. The molecular formula is C10H7ClF2. The van der Waals surface area contributed by atoms with Crippen LogP contribution in [-0.2, 0) is 0 Å². The lowest BCUT2D eigenvalue weighted by Crippen LogP contribution is -1.92. The second kappa shape index (κ2) is 4.25. The SMILES string of the molecule is Cc1c(C#CCCl)ccc(F)c1F. The lowest BCUT2D eigenvalue weighted by Gasteiger charge is -1.99. The highest BCUT2D eigenvalue weighted by Crippen LogP contribution is 2.14. The monoisotopic (exact) mass is 200 g/mol. The first kappa shape index (κ1) is 10.0. The van der Waals surface area contributed by atoms with Crippen LogP contribution in [0, 0.1) is 30.4 Å². The minimum absolute atomic E-state index is 0.179. The van der Waals surface area contributed by atoms with E-state index in [1.807, 2.05) is 0 Å². The molecule has 0 bridgehead atoms. The normalized spacial score (nSPS) is 9.23. The molecule has 1 aromatic rings. The van der Waals surface area contributed by atoms with Gasteiger partial charge in [0.25, 0.3) is 0 Å². The molecule has 0 aromatic heterocycles. The summed E-state index contributed by atoms with van der Waals surface area (Å²) >= 11 is 5.33. The van der Waals surface area contributed by atoms with E-state index in [2.05, 4.69) is 11.8 Å². The molecule has 1 rings (SSSR count). The molecule has 0 amide bonds. The van der Waals surface area contributed by atoms with E-state index < -0.39 is 11.6 Å². The van der Waals surface area contributed by atoms with Gasteiger partial charge in [0.05, 0.1) is 5.88 Å². The first-order valence-electron chi connectivity index (χ1n) is 3.66. The van der Waals surface area contributed by atoms with Gasteiger partial charge in [-0.3, -0.25) is 0 Å². The van der Waals surface area contributed by atoms with Crippen LogP contribution in [0.5, 0.6) is 0 Å². The zero-order valence-corrected chi connectivity index (χ0v) is 7.75. The van der Waals surface area contributed by atoms with Gasteiger partial charge in [-0.05, 0) is 19.1 Å². The smallest absolute Gasteiger partial charge is 0.162 e. The highest BCUT2D eigenvalue weighted by molar-refractivity contribution is 6.19. The number of alkyl halides is 1. The molecule has 0 N–H and O–H groups in total. The van der Waals surface area contributed by atoms with Crippen molar-refractivity contribution in [2.24, 2.45) is 0 Å². The third kappa shape index (κ3) is 2.19. The van der Waals surface area contributed by atoms with Gasteiger partial charge in [-0.25, -0.2) is 8.78 Å². The van der Waals surface area contributed by atoms with Crippen molar-refractivity contribution in [1.29, 1.82) is 0 Å². The molecule has 0 aliphatic rings. The summed E-state index contributed by atoms with van der Waals surface area (Å²) in [6.45, 7) is 1.48. The van der Waals surface area contributed by atoms with Crippen LogP contribution in [0.4, 0.5) is 8.78 Å². The van der Waals surface area contributed by atoms with E-state index >= 15 is 0 Å². The van der Waals surface area contributed by atoms with Gasteiger partial charge >= 0.3 is 0 Å². The fourth-order valence-electron chi connectivity index (χ4n) is 0.916. The summed E-state index contributed by atoms with van der Waals surface area (Å²) in [6.07, 6.45) is 0. The minimum Gasteiger partial charge on any atom is -0.204 e. The Morgan fingerprint density at radius 1 is 1.38 bits per heavy atom. The molecule has 0 saturated carbocycles. The Balaban J connectivity index is 3.18. The largest absolute Gasteiger partial charge is 0.204 e. The van der Waals surface area contributed by atoms with E-state index in [4.69, 9.17) is 11.6 Å². The number of hydrogen-bond donors (Lipinski definition) is 0. The summed E-state index contributed by atoms with van der Waals surface area (Å²) in [5.74, 6) is 3.70. The van der Waals surface area contributed by atoms with Crippen LogP contribution in [0.3, 0.4) is 0 Å². The molecule has 68 valence electrons. The summed E-state index contributed by atoms with van der Waals surface area (Å²) in [4.78, 5) is 0. The summed E-state index contributed by atoms with van der Waals surface area (Å²) in [6, 6.07) is 2.49. The first-order chi connectivity index (χ1) is 6.16. The molecule has 13 heavy (non-hydrogen) atoms. The van der Waals surface area contributed by atoms with E-state index in [9.17, 15) is 8.78 Å². The van der Waals surface area contributed by atoms with E-state index in [0.29, 0.717) is 5.56 Å². The molecule has 0 aliphatic carbocycles. The van der Waals surface area contributed by atoms with Crippen molar-refractivity contribution in [2.45, 2.75) is 6.92 Å². The van der Waals surface area contributed by atoms with E-state index in [-0.39, 0.29) is 11.4 Å². The fraction of sp³-hybridized carbons (Fsp3) is 0.200. The number of rotatable bonds is 0. The van der Waals surface area contributed by atoms with Crippen LogP contribution in [0.15, 0.2) is 12.1 Å². The van der Waals surface area contributed by atoms with Crippen LogP contribution in [0.2, 0.25) is 0 Å². The summed E-state index contributed by atoms with van der Waals surface area (Å²) in [5, 5.41) is 0. The zero-order valence-electron chi connectivity index (χ0n) is 7.00. The van der Waals surface area contributed by atoms with E-state index in [0.717, 1.165) is 6.07 Å². The van der Waals surface area contributed by atoms with E-state index in [1.54, 1.807) is 0 Å². The summed E-state index contributed by atoms with van der Waals surface area (Å²) in [7, 11) is 0. The highest BCUT2D eigenvalue weighted by atomic mass is 35.5. The minimum atomic E-state index is -0.853. The maximum Gasteiger partial charge on any atom is 0.162 e. The van der Waals surface area contributed by atoms with Gasteiger partial charge in [0.2, 0.25) is 0 Å². The Labute approximate surface area is 80.5 Å². The fourth-order valence-corrected chi connectivity index (χ4v) is 0.983. The van der Waals surface area contributed by atoms with Crippen molar-refractivity contribution in [3.05, 3.63) is 34.9 Å². The molecule has 0 heterocycles. The van der Waals surface area contributed by atoms with Gasteiger partial charge < -0.3 is 0 Å². The van der Waals surface area contributed by atoms with Crippen LogP contribution in [-0.4, -0.2) is 5.88 Å².